The molecule has 2 rings (SSSR count). The summed E-state index contributed by atoms with van der Waals surface area (Å²) in [5.41, 5.74) is 2.40. The highest BCUT2D eigenvalue weighted by molar-refractivity contribution is 5.99. The number of carbonyl (C=O) groups excluding carboxylic acids is 3. The van der Waals surface area contributed by atoms with Crippen molar-refractivity contribution in [1.82, 2.24) is 9.88 Å². The number of hydrogen-bond acceptors (Lipinski definition) is 5. The first-order valence-electron chi connectivity index (χ1n) is 9.51. The van der Waals surface area contributed by atoms with Gasteiger partial charge in [-0.1, -0.05) is 30.3 Å². The Balaban J connectivity index is 2.04. The van der Waals surface area contributed by atoms with Crippen LogP contribution in [0, 0.1) is 13.8 Å². The summed E-state index contributed by atoms with van der Waals surface area (Å²) in [6.45, 7) is 8.34. The molecule has 1 atom stereocenters. The van der Waals surface area contributed by atoms with E-state index in [0.29, 0.717) is 16.8 Å². The van der Waals surface area contributed by atoms with Crippen LogP contribution in [0.2, 0.25) is 0 Å². The molecule has 0 aliphatic carbocycles. The van der Waals surface area contributed by atoms with Crippen molar-refractivity contribution in [1.29, 1.82) is 0 Å². The Morgan fingerprint density at radius 1 is 1.03 bits per heavy atom. The molecule has 0 spiro atoms. The van der Waals surface area contributed by atoms with E-state index in [1.165, 1.54) is 4.90 Å². The third-order valence-corrected chi connectivity index (χ3v) is 4.77. The fraction of sp³-hybridized carbons (Fsp3) is 0.409. The van der Waals surface area contributed by atoms with Crippen molar-refractivity contribution in [3.05, 3.63) is 58.4 Å². The van der Waals surface area contributed by atoms with Crippen molar-refractivity contribution in [2.24, 2.45) is 0 Å². The maximum absolute atomic E-state index is 12.5. The first-order valence-corrected chi connectivity index (χ1v) is 9.51. The third kappa shape index (κ3) is 5.25. The number of H-pyrrole nitrogens is 1. The smallest absolute Gasteiger partial charge is 0.355 e. The highest BCUT2D eigenvalue weighted by Gasteiger charge is 2.25. The van der Waals surface area contributed by atoms with Crippen LogP contribution >= 0.6 is 0 Å². The molecule has 1 aromatic carbocycles. The van der Waals surface area contributed by atoms with Gasteiger partial charge in [0.25, 0.3) is 5.91 Å². The Morgan fingerprint density at radius 2 is 1.66 bits per heavy atom. The second-order valence-corrected chi connectivity index (χ2v) is 7.25. The first-order chi connectivity index (χ1) is 13.6. The fourth-order valence-corrected chi connectivity index (χ4v) is 3.01. The number of esters is 2. The van der Waals surface area contributed by atoms with Crippen LogP contribution in [0.4, 0.5) is 0 Å². The number of nitrogens with zero attached hydrogens (tertiary/aromatic N) is 1. The topological polar surface area (TPSA) is 88.7 Å². The molecule has 0 bridgehead atoms. The van der Waals surface area contributed by atoms with Crippen LogP contribution in [-0.2, 0) is 14.3 Å². The van der Waals surface area contributed by atoms with Crippen LogP contribution in [0.25, 0.3) is 0 Å². The minimum atomic E-state index is -0.691. The zero-order valence-corrected chi connectivity index (χ0v) is 17.7. The normalized spacial score (nSPS) is 11.8. The Hall–Kier alpha value is -3.09. The van der Waals surface area contributed by atoms with E-state index in [1.54, 1.807) is 34.7 Å². The predicted octanol–water partition coefficient (Wildman–Crippen LogP) is 3.57. The number of amides is 1. The summed E-state index contributed by atoms with van der Waals surface area (Å²) in [5.74, 6) is -1.52. The molecule has 0 aliphatic rings. The summed E-state index contributed by atoms with van der Waals surface area (Å²) in [7, 11) is 1.66. The molecule has 0 radical (unpaired) electrons. The number of aryl methyl sites for hydroxylation is 1. The first kappa shape index (κ1) is 22.2. The lowest BCUT2D eigenvalue weighted by Crippen LogP contribution is -2.33. The molecule has 0 saturated heterocycles. The van der Waals surface area contributed by atoms with Gasteiger partial charge in [-0.05, 0) is 45.7 Å². The number of benzene rings is 1. The van der Waals surface area contributed by atoms with Gasteiger partial charge in [-0.3, -0.25) is 4.79 Å². The number of nitrogens with one attached hydrogen (secondary N) is 1. The quantitative estimate of drug-likeness (QED) is 0.718. The van der Waals surface area contributed by atoms with Gasteiger partial charge >= 0.3 is 11.9 Å². The van der Waals surface area contributed by atoms with Crippen LogP contribution in [0.15, 0.2) is 30.3 Å². The molecule has 1 aromatic heterocycles. The molecular formula is C22H28N2O5. The Kier molecular flexibility index (Phi) is 7.20. The van der Waals surface area contributed by atoms with Crippen molar-refractivity contribution in [3.8, 4) is 0 Å². The van der Waals surface area contributed by atoms with Crippen molar-refractivity contribution in [3.63, 3.8) is 0 Å². The van der Waals surface area contributed by atoms with E-state index in [2.05, 4.69) is 4.98 Å². The minimum Gasteiger partial charge on any atom is -0.459 e. The van der Waals surface area contributed by atoms with Crippen molar-refractivity contribution < 1.29 is 23.9 Å². The lowest BCUT2D eigenvalue weighted by Gasteiger charge is -2.25. The molecule has 0 aliphatic heterocycles. The average Bonchev–Trinajstić information content (AvgIpc) is 2.99. The minimum absolute atomic E-state index is 0.143. The van der Waals surface area contributed by atoms with Crippen molar-refractivity contribution in [2.75, 3.05) is 13.7 Å². The van der Waals surface area contributed by atoms with E-state index < -0.39 is 18.5 Å². The van der Waals surface area contributed by atoms with Gasteiger partial charge in [0.05, 0.1) is 17.7 Å². The molecular weight excluding hydrogens is 372 g/mol. The summed E-state index contributed by atoms with van der Waals surface area (Å²) in [6, 6.07) is 9.43. The largest absolute Gasteiger partial charge is 0.459 e. The van der Waals surface area contributed by atoms with Crippen LogP contribution in [0.5, 0.6) is 0 Å². The number of ether oxygens (including phenoxy) is 2. The summed E-state index contributed by atoms with van der Waals surface area (Å²) >= 11 is 0. The highest BCUT2D eigenvalue weighted by atomic mass is 16.5. The molecule has 1 N–H and O–H groups in total. The van der Waals surface area contributed by atoms with E-state index in [9.17, 15) is 14.4 Å². The molecule has 0 fully saturated rings. The summed E-state index contributed by atoms with van der Waals surface area (Å²) in [4.78, 5) is 41.6. The zero-order valence-electron chi connectivity index (χ0n) is 17.7. The molecule has 7 nitrogen and oxygen atoms in total. The number of aromatic nitrogens is 1. The fourth-order valence-electron chi connectivity index (χ4n) is 3.01. The number of hydrogen-bond donors (Lipinski definition) is 1. The predicted molar refractivity (Wildman–Crippen MR) is 109 cm³/mol. The Labute approximate surface area is 171 Å². The van der Waals surface area contributed by atoms with Gasteiger partial charge in [-0.15, -0.1) is 0 Å². The third-order valence-electron chi connectivity index (χ3n) is 4.77. The van der Waals surface area contributed by atoms with E-state index >= 15 is 0 Å². The van der Waals surface area contributed by atoms with Gasteiger partial charge in [-0.2, -0.15) is 0 Å². The van der Waals surface area contributed by atoms with E-state index in [4.69, 9.17) is 9.47 Å². The summed E-state index contributed by atoms with van der Waals surface area (Å²) < 4.78 is 10.4. The number of carbonyl (C=O) groups is 3. The summed E-state index contributed by atoms with van der Waals surface area (Å²) in [6.07, 6.45) is -0.272. The SMILES string of the molecule is Cc1[nH]c(C(=O)OCC(=O)N(C)C(C)c2ccccc2)c(C)c1C(=O)OC(C)C. The second kappa shape index (κ2) is 9.41. The van der Waals surface area contributed by atoms with Crippen molar-refractivity contribution in [2.45, 2.75) is 46.8 Å². The zero-order chi connectivity index (χ0) is 21.7. The number of aromatic amines is 1. The lowest BCUT2D eigenvalue weighted by molar-refractivity contribution is -0.135. The molecule has 2 aromatic rings. The van der Waals surface area contributed by atoms with Gasteiger partial charge in [0.2, 0.25) is 0 Å². The molecule has 1 amide bonds. The molecule has 29 heavy (non-hydrogen) atoms. The van der Waals surface area contributed by atoms with E-state index in [1.807, 2.05) is 37.3 Å². The van der Waals surface area contributed by atoms with Crippen LogP contribution in [0.3, 0.4) is 0 Å². The molecule has 1 unspecified atom stereocenters. The van der Waals surface area contributed by atoms with Gasteiger partial charge in [-0.25, -0.2) is 9.59 Å². The molecule has 156 valence electrons. The van der Waals surface area contributed by atoms with Crippen LogP contribution < -0.4 is 0 Å². The highest BCUT2D eigenvalue weighted by Crippen LogP contribution is 2.21. The maximum Gasteiger partial charge on any atom is 0.355 e. The van der Waals surface area contributed by atoms with E-state index in [0.717, 1.165) is 5.56 Å². The van der Waals surface area contributed by atoms with Gasteiger partial charge in [0.1, 0.15) is 5.69 Å². The Morgan fingerprint density at radius 3 is 2.24 bits per heavy atom. The van der Waals surface area contributed by atoms with Crippen LogP contribution in [-0.4, -0.2) is 47.5 Å². The van der Waals surface area contributed by atoms with Gasteiger partial charge in [0, 0.05) is 12.7 Å². The van der Waals surface area contributed by atoms with E-state index in [-0.39, 0.29) is 23.7 Å². The number of rotatable bonds is 7. The monoisotopic (exact) mass is 400 g/mol. The van der Waals surface area contributed by atoms with Gasteiger partial charge < -0.3 is 19.4 Å². The molecule has 0 saturated carbocycles. The number of likely N-dealkylation sites (N-methyl/N-ethyl adjacent to an activating group) is 1. The second-order valence-electron chi connectivity index (χ2n) is 7.25. The van der Waals surface area contributed by atoms with Gasteiger partial charge in [0.15, 0.2) is 6.61 Å². The average molecular weight is 400 g/mol. The molecule has 7 heteroatoms. The van der Waals surface area contributed by atoms with Crippen LogP contribution in [0.1, 0.15) is 64.5 Å². The maximum atomic E-state index is 12.5. The summed E-state index contributed by atoms with van der Waals surface area (Å²) in [5, 5.41) is 0. The van der Waals surface area contributed by atoms with Crippen molar-refractivity contribution >= 4 is 17.8 Å². The standard InChI is InChI=1S/C22H28N2O5/c1-13(2)29-21(26)19-14(3)20(23-15(19)4)22(27)28-12-18(25)24(6)16(5)17-10-8-7-9-11-17/h7-11,13,16,23H,12H2,1-6H3. The molecule has 1 heterocycles. The lowest BCUT2D eigenvalue weighted by atomic mass is 10.1. The Bertz CT molecular complexity index is 886.